The van der Waals surface area contributed by atoms with E-state index in [0.717, 1.165) is 6.42 Å². The van der Waals surface area contributed by atoms with Crippen molar-refractivity contribution in [3.05, 3.63) is 23.0 Å². The molecule has 4 N–H and O–H groups in total. The summed E-state index contributed by atoms with van der Waals surface area (Å²) in [7, 11) is 0. The van der Waals surface area contributed by atoms with Crippen molar-refractivity contribution < 1.29 is 15.0 Å². The highest BCUT2D eigenvalue weighted by atomic mass is 16.3. The molecule has 1 unspecified atom stereocenters. The number of aromatic hydroxyl groups is 1. The third-order valence-electron chi connectivity index (χ3n) is 3.38. The van der Waals surface area contributed by atoms with Crippen LogP contribution in [0.5, 0.6) is 5.75 Å². The van der Waals surface area contributed by atoms with Crippen LogP contribution in [0, 0.1) is 6.92 Å². The molecule has 0 radical (unpaired) electrons. The molecule has 19 heavy (non-hydrogen) atoms. The molecule has 0 saturated carbocycles. The van der Waals surface area contributed by atoms with Crippen LogP contribution in [-0.2, 0) is 17.9 Å². The molecule has 1 saturated heterocycles. The Morgan fingerprint density at radius 2 is 2.37 bits per heavy atom. The Hall–Kier alpha value is -1.66. The molecule has 1 atom stereocenters. The number of aryl methyl sites for hydroxylation is 1. The predicted octanol–water partition coefficient (Wildman–Crippen LogP) is -0.0439. The number of rotatable bonds is 5. The van der Waals surface area contributed by atoms with Crippen LogP contribution in [-0.4, -0.2) is 33.7 Å². The lowest BCUT2D eigenvalue weighted by atomic mass is 10.1. The average Bonchev–Trinajstić information content (AvgIpc) is 2.80. The van der Waals surface area contributed by atoms with Crippen LogP contribution in [0.25, 0.3) is 0 Å². The summed E-state index contributed by atoms with van der Waals surface area (Å²) in [5, 5.41) is 25.3. The van der Waals surface area contributed by atoms with Crippen molar-refractivity contribution in [2.45, 2.75) is 39.0 Å². The van der Waals surface area contributed by atoms with E-state index in [9.17, 15) is 15.0 Å². The minimum atomic E-state index is -0.155. The topological polar surface area (TPSA) is 94.5 Å². The van der Waals surface area contributed by atoms with Gasteiger partial charge < -0.3 is 20.8 Å². The maximum absolute atomic E-state index is 11.1. The van der Waals surface area contributed by atoms with E-state index in [2.05, 4.69) is 15.6 Å². The fourth-order valence-corrected chi connectivity index (χ4v) is 2.22. The molecule has 0 aliphatic carbocycles. The van der Waals surface area contributed by atoms with E-state index >= 15 is 0 Å². The number of carbonyl (C=O) groups excluding carboxylic acids is 1. The summed E-state index contributed by atoms with van der Waals surface area (Å²) < 4.78 is 0. The normalized spacial score (nSPS) is 18.6. The van der Waals surface area contributed by atoms with E-state index in [0.29, 0.717) is 36.3 Å². The average molecular weight is 265 g/mol. The van der Waals surface area contributed by atoms with Gasteiger partial charge in [0.2, 0.25) is 5.91 Å². The number of carbonyl (C=O) groups is 1. The van der Waals surface area contributed by atoms with Crippen LogP contribution < -0.4 is 10.6 Å². The zero-order chi connectivity index (χ0) is 13.8. The summed E-state index contributed by atoms with van der Waals surface area (Å²) in [5.41, 5.74) is 1.83. The first-order valence-electron chi connectivity index (χ1n) is 6.39. The minimum Gasteiger partial charge on any atom is -0.506 e. The van der Waals surface area contributed by atoms with Gasteiger partial charge in [-0.2, -0.15) is 0 Å². The monoisotopic (exact) mass is 265 g/mol. The lowest BCUT2D eigenvalue weighted by Crippen LogP contribution is -2.35. The van der Waals surface area contributed by atoms with Gasteiger partial charge in [0.1, 0.15) is 5.75 Å². The van der Waals surface area contributed by atoms with Gasteiger partial charge in [0.15, 0.2) is 0 Å². The first-order chi connectivity index (χ1) is 9.11. The van der Waals surface area contributed by atoms with Gasteiger partial charge in [-0.05, 0) is 13.3 Å². The number of aliphatic hydroxyl groups is 1. The van der Waals surface area contributed by atoms with Crippen LogP contribution in [0.2, 0.25) is 0 Å². The summed E-state index contributed by atoms with van der Waals surface area (Å²) in [6.07, 6.45) is 2.98. The Balaban J connectivity index is 1.95. The van der Waals surface area contributed by atoms with E-state index in [-0.39, 0.29) is 24.3 Å². The van der Waals surface area contributed by atoms with Gasteiger partial charge >= 0.3 is 0 Å². The second kappa shape index (κ2) is 5.99. The van der Waals surface area contributed by atoms with Crippen molar-refractivity contribution in [1.29, 1.82) is 0 Å². The number of aromatic nitrogens is 1. The molecular formula is C13H19N3O3. The van der Waals surface area contributed by atoms with Gasteiger partial charge in [-0.15, -0.1) is 0 Å². The standard InChI is InChI=1S/C13H19N3O3/c1-8-13(19)11(9(7-17)4-15-8)6-14-5-10-2-3-12(18)16-10/h4,10,14,17,19H,2-3,5-7H2,1H3,(H,16,18). The van der Waals surface area contributed by atoms with Crippen molar-refractivity contribution in [3.8, 4) is 5.75 Å². The molecule has 6 heteroatoms. The maximum Gasteiger partial charge on any atom is 0.220 e. The first kappa shape index (κ1) is 13.8. The fourth-order valence-electron chi connectivity index (χ4n) is 2.22. The minimum absolute atomic E-state index is 0.0884. The zero-order valence-electron chi connectivity index (χ0n) is 10.9. The Morgan fingerprint density at radius 3 is 3.00 bits per heavy atom. The highest BCUT2D eigenvalue weighted by Crippen LogP contribution is 2.23. The van der Waals surface area contributed by atoms with Gasteiger partial charge in [0, 0.05) is 42.9 Å². The second-order valence-electron chi connectivity index (χ2n) is 4.79. The number of aliphatic hydroxyl groups excluding tert-OH is 1. The van der Waals surface area contributed by atoms with Gasteiger partial charge in [-0.25, -0.2) is 0 Å². The molecule has 1 aliphatic heterocycles. The number of nitrogens with one attached hydrogen (secondary N) is 2. The summed E-state index contributed by atoms with van der Waals surface area (Å²) in [4.78, 5) is 15.1. The zero-order valence-corrected chi connectivity index (χ0v) is 10.9. The summed E-state index contributed by atoms with van der Waals surface area (Å²) >= 11 is 0. The smallest absolute Gasteiger partial charge is 0.220 e. The molecule has 2 rings (SSSR count). The van der Waals surface area contributed by atoms with Crippen LogP contribution in [0.4, 0.5) is 0 Å². The predicted molar refractivity (Wildman–Crippen MR) is 69.4 cm³/mol. The van der Waals surface area contributed by atoms with Crippen molar-refractivity contribution in [2.24, 2.45) is 0 Å². The molecule has 1 fully saturated rings. The maximum atomic E-state index is 11.1. The van der Waals surface area contributed by atoms with Crippen molar-refractivity contribution in [3.63, 3.8) is 0 Å². The Bertz CT molecular complexity index is 476. The SMILES string of the molecule is Cc1ncc(CO)c(CNCC2CCC(=O)N2)c1O. The second-order valence-corrected chi connectivity index (χ2v) is 4.79. The Morgan fingerprint density at radius 1 is 1.58 bits per heavy atom. The third-order valence-corrected chi connectivity index (χ3v) is 3.38. The van der Waals surface area contributed by atoms with E-state index in [1.807, 2.05) is 0 Å². The molecule has 2 heterocycles. The molecule has 1 aromatic heterocycles. The van der Waals surface area contributed by atoms with Crippen LogP contribution in [0.1, 0.15) is 29.7 Å². The van der Waals surface area contributed by atoms with E-state index in [4.69, 9.17) is 0 Å². The third kappa shape index (κ3) is 3.21. The van der Waals surface area contributed by atoms with Crippen molar-refractivity contribution in [1.82, 2.24) is 15.6 Å². The Kier molecular flexibility index (Phi) is 4.34. The number of pyridine rings is 1. The van der Waals surface area contributed by atoms with Gasteiger partial charge in [-0.1, -0.05) is 0 Å². The number of hydrogen-bond acceptors (Lipinski definition) is 5. The molecule has 104 valence electrons. The summed E-state index contributed by atoms with van der Waals surface area (Å²) in [6, 6.07) is 0.148. The van der Waals surface area contributed by atoms with Crippen molar-refractivity contribution in [2.75, 3.05) is 6.54 Å². The van der Waals surface area contributed by atoms with Gasteiger partial charge in [0.05, 0.1) is 12.3 Å². The molecule has 0 bridgehead atoms. The van der Waals surface area contributed by atoms with Gasteiger partial charge in [0.25, 0.3) is 0 Å². The summed E-state index contributed by atoms with van der Waals surface area (Å²) in [6.45, 7) is 2.66. The quantitative estimate of drug-likeness (QED) is 0.599. The molecule has 0 aromatic carbocycles. The molecule has 1 aromatic rings. The lowest BCUT2D eigenvalue weighted by Gasteiger charge is -2.14. The first-order valence-corrected chi connectivity index (χ1v) is 6.39. The number of amides is 1. The van der Waals surface area contributed by atoms with Crippen molar-refractivity contribution >= 4 is 5.91 Å². The molecule has 1 amide bonds. The number of hydrogen-bond donors (Lipinski definition) is 4. The highest BCUT2D eigenvalue weighted by Gasteiger charge is 2.20. The molecule has 1 aliphatic rings. The molecule has 6 nitrogen and oxygen atoms in total. The Labute approximate surface area is 111 Å². The van der Waals surface area contributed by atoms with Crippen LogP contribution in [0.3, 0.4) is 0 Å². The van der Waals surface area contributed by atoms with Gasteiger partial charge in [-0.3, -0.25) is 9.78 Å². The number of nitrogens with zero attached hydrogens (tertiary/aromatic N) is 1. The van der Waals surface area contributed by atoms with E-state index in [1.165, 1.54) is 0 Å². The molecular weight excluding hydrogens is 246 g/mol. The van der Waals surface area contributed by atoms with E-state index < -0.39 is 0 Å². The van der Waals surface area contributed by atoms with Crippen LogP contribution in [0.15, 0.2) is 6.20 Å². The fraction of sp³-hybridized carbons (Fsp3) is 0.538. The largest absolute Gasteiger partial charge is 0.506 e. The van der Waals surface area contributed by atoms with Crippen LogP contribution >= 0.6 is 0 Å². The van der Waals surface area contributed by atoms with E-state index in [1.54, 1.807) is 13.1 Å². The lowest BCUT2D eigenvalue weighted by molar-refractivity contribution is -0.119. The molecule has 0 spiro atoms. The summed E-state index contributed by atoms with van der Waals surface area (Å²) in [5.74, 6) is 0.208. The highest BCUT2D eigenvalue weighted by molar-refractivity contribution is 5.78.